The summed E-state index contributed by atoms with van der Waals surface area (Å²) in [6.07, 6.45) is 0. The molecule has 3 N–H and O–H groups in total. The van der Waals surface area contributed by atoms with Crippen LogP contribution in [0.5, 0.6) is 0 Å². The Morgan fingerprint density at radius 3 is 2.67 bits per heavy atom. The van der Waals surface area contributed by atoms with Gasteiger partial charge in [0.05, 0.1) is 17.7 Å². The number of esters is 1. The second-order valence-electron chi connectivity index (χ2n) is 2.83. The van der Waals surface area contributed by atoms with Gasteiger partial charge in [0.2, 0.25) is 0 Å². The Balaban J connectivity index is 3.07. The van der Waals surface area contributed by atoms with E-state index in [4.69, 9.17) is 15.6 Å². The van der Waals surface area contributed by atoms with Crippen LogP contribution in [0.4, 0.5) is 5.69 Å². The number of hydrogen-bond acceptors (Lipinski definition) is 4. The van der Waals surface area contributed by atoms with Crippen molar-refractivity contribution < 1.29 is 19.4 Å². The van der Waals surface area contributed by atoms with Crippen molar-refractivity contribution in [2.24, 2.45) is 0 Å². The number of carboxylic acids is 1. The monoisotopic (exact) mass is 209 g/mol. The standard InChI is InChI=1S/C10H11NO4/c1-2-15-10(14)6-3-4-8(11)7(5-6)9(12)13/h3-5H,2,11H2,1H3,(H,12,13). The van der Waals surface area contributed by atoms with Gasteiger partial charge in [0, 0.05) is 5.69 Å². The molecule has 0 bridgehead atoms. The molecule has 5 nitrogen and oxygen atoms in total. The fourth-order valence-electron chi connectivity index (χ4n) is 1.08. The highest BCUT2D eigenvalue weighted by Crippen LogP contribution is 2.14. The summed E-state index contributed by atoms with van der Waals surface area (Å²) in [7, 11) is 0. The fourth-order valence-corrected chi connectivity index (χ4v) is 1.08. The van der Waals surface area contributed by atoms with Crippen LogP contribution in [0.3, 0.4) is 0 Å². The third kappa shape index (κ3) is 2.46. The Hall–Kier alpha value is -2.04. The average molecular weight is 209 g/mol. The largest absolute Gasteiger partial charge is 0.478 e. The van der Waals surface area contributed by atoms with Crippen LogP contribution in [0.2, 0.25) is 0 Å². The molecule has 0 fully saturated rings. The van der Waals surface area contributed by atoms with Gasteiger partial charge in [-0.3, -0.25) is 0 Å². The minimum atomic E-state index is -1.17. The van der Waals surface area contributed by atoms with Crippen molar-refractivity contribution in [3.63, 3.8) is 0 Å². The Bertz CT molecular complexity index is 400. The third-order valence-corrected chi connectivity index (χ3v) is 1.79. The lowest BCUT2D eigenvalue weighted by Crippen LogP contribution is -2.08. The normalized spacial score (nSPS) is 9.67. The maximum absolute atomic E-state index is 11.3. The molecule has 1 aromatic rings. The number of anilines is 1. The van der Waals surface area contributed by atoms with E-state index in [1.807, 2.05) is 0 Å². The smallest absolute Gasteiger partial charge is 0.338 e. The van der Waals surface area contributed by atoms with Gasteiger partial charge in [0.15, 0.2) is 0 Å². The molecule has 0 spiro atoms. The average Bonchev–Trinajstić information content (AvgIpc) is 2.18. The molecule has 0 saturated heterocycles. The van der Waals surface area contributed by atoms with Crippen molar-refractivity contribution in [2.45, 2.75) is 6.92 Å². The van der Waals surface area contributed by atoms with E-state index in [1.165, 1.54) is 18.2 Å². The topological polar surface area (TPSA) is 89.6 Å². The number of carbonyl (C=O) groups excluding carboxylic acids is 1. The Morgan fingerprint density at radius 1 is 1.47 bits per heavy atom. The molecule has 80 valence electrons. The van der Waals surface area contributed by atoms with E-state index in [-0.39, 0.29) is 23.4 Å². The van der Waals surface area contributed by atoms with E-state index in [1.54, 1.807) is 6.92 Å². The summed E-state index contributed by atoms with van der Waals surface area (Å²) in [6.45, 7) is 1.92. The number of benzene rings is 1. The second kappa shape index (κ2) is 4.45. The van der Waals surface area contributed by atoms with E-state index in [0.717, 1.165) is 0 Å². The van der Waals surface area contributed by atoms with E-state index in [2.05, 4.69) is 0 Å². The number of rotatable bonds is 3. The number of aromatic carboxylic acids is 1. The van der Waals surface area contributed by atoms with Crippen LogP contribution in [0, 0.1) is 0 Å². The van der Waals surface area contributed by atoms with Crippen molar-refractivity contribution in [3.8, 4) is 0 Å². The zero-order chi connectivity index (χ0) is 11.4. The van der Waals surface area contributed by atoms with Gasteiger partial charge in [0.1, 0.15) is 0 Å². The summed E-state index contributed by atoms with van der Waals surface area (Å²) in [5, 5.41) is 8.77. The molecule has 0 aliphatic rings. The lowest BCUT2D eigenvalue weighted by molar-refractivity contribution is 0.0526. The van der Waals surface area contributed by atoms with Crippen molar-refractivity contribution in [2.75, 3.05) is 12.3 Å². The Morgan fingerprint density at radius 2 is 2.13 bits per heavy atom. The molecule has 15 heavy (non-hydrogen) atoms. The minimum Gasteiger partial charge on any atom is -0.478 e. The number of ether oxygens (including phenoxy) is 1. The first-order valence-electron chi connectivity index (χ1n) is 4.36. The number of carbonyl (C=O) groups is 2. The summed E-state index contributed by atoms with van der Waals surface area (Å²) in [6, 6.07) is 4.01. The summed E-state index contributed by atoms with van der Waals surface area (Å²) in [5.74, 6) is -1.72. The van der Waals surface area contributed by atoms with Crippen LogP contribution in [0.25, 0.3) is 0 Å². The second-order valence-corrected chi connectivity index (χ2v) is 2.83. The van der Waals surface area contributed by atoms with Crippen LogP contribution >= 0.6 is 0 Å². The molecular formula is C10H11NO4. The Kier molecular flexibility index (Phi) is 3.28. The highest BCUT2D eigenvalue weighted by Gasteiger charge is 2.13. The first kappa shape index (κ1) is 11.0. The van der Waals surface area contributed by atoms with Crippen LogP contribution in [-0.4, -0.2) is 23.7 Å². The molecule has 1 aromatic carbocycles. The number of hydrogen-bond donors (Lipinski definition) is 2. The molecule has 1 rings (SSSR count). The predicted molar refractivity (Wildman–Crippen MR) is 53.8 cm³/mol. The summed E-state index contributed by atoms with van der Waals surface area (Å²) in [5.41, 5.74) is 5.64. The van der Waals surface area contributed by atoms with Crippen LogP contribution in [0.15, 0.2) is 18.2 Å². The molecule has 0 unspecified atom stereocenters. The quantitative estimate of drug-likeness (QED) is 0.575. The highest BCUT2D eigenvalue weighted by molar-refractivity contribution is 5.98. The Labute approximate surface area is 86.5 Å². The SMILES string of the molecule is CCOC(=O)c1ccc(N)c(C(=O)O)c1. The van der Waals surface area contributed by atoms with Gasteiger partial charge in [-0.2, -0.15) is 0 Å². The van der Waals surface area contributed by atoms with Gasteiger partial charge in [-0.1, -0.05) is 0 Å². The fraction of sp³-hybridized carbons (Fsp3) is 0.200. The first-order valence-corrected chi connectivity index (χ1v) is 4.36. The van der Waals surface area contributed by atoms with Gasteiger partial charge in [-0.15, -0.1) is 0 Å². The molecule has 0 heterocycles. The van der Waals surface area contributed by atoms with Crippen molar-refractivity contribution in [3.05, 3.63) is 29.3 Å². The van der Waals surface area contributed by atoms with Gasteiger partial charge in [0.25, 0.3) is 0 Å². The molecule has 0 atom stereocenters. The molecule has 0 radical (unpaired) electrons. The molecule has 5 heteroatoms. The molecular weight excluding hydrogens is 198 g/mol. The summed E-state index contributed by atoms with van der Waals surface area (Å²) in [4.78, 5) is 22.0. The van der Waals surface area contributed by atoms with Gasteiger partial charge in [-0.25, -0.2) is 9.59 Å². The first-order chi connectivity index (χ1) is 7.06. The van der Waals surface area contributed by atoms with E-state index < -0.39 is 11.9 Å². The maximum atomic E-state index is 11.3. The number of nitrogen functional groups attached to an aromatic ring is 1. The molecule has 0 aromatic heterocycles. The minimum absolute atomic E-state index is 0.0967. The van der Waals surface area contributed by atoms with Gasteiger partial charge >= 0.3 is 11.9 Å². The molecule has 0 amide bonds. The molecule has 0 saturated carbocycles. The van der Waals surface area contributed by atoms with E-state index in [0.29, 0.717) is 0 Å². The van der Waals surface area contributed by atoms with Gasteiger partial charge in [-0.05, 0) is 25.1 Å². The molecule has 0 aliphatic carbocycles. The van der Waals surface area contributed by atoms with Crippen molar-refractivity contribution in [1.29, 1.82) is 0 Å². The zero-order valence-electron chi connectivity index (χ0n) is 8.19. The summed E-state index contributed by atoms with van der Waals surface area (Å²) < 4.78 is 4.73. The summed E-state index contributed by atoms with van der Waals surface area (Å²) >= 11 is 0. The highest BCUT2D eigenvalue weighted by atomic mass is 16.5. The number of nitrogens with two attached hydrogens (primary N) is 1. The molecule has 0 aliphatic heterocycles. The van der Waals surface area contributed by atoms with Gasteiger partial charge < -0.3 is 15.6 Å². The van der Waals surface area contributed by atoms with Crippen molar-refractivity contribution >= 4 is 17.6 Å². The number of carboxylic acid groups (broad SMARTS) is 1. The lowest BCUT2D eigenvalue weighted by atomic mass is 10.1. The third-order valence-electron chi connectivity index (χ3n) is 1.79. The van der Waals surface area contributed by atoms with Crippen LogP contribution in [-0.2, 0) is 4.74 Å². The van der Waals surface area contributed by atoms with E-state index in [9.17, 15) is 9.59 Å². The lowest BCUT2D eigenvalue weighted by Gasteiger charge is -2.04. The van der Waals surface area contributed by atoms with Crippen LogP contribution < -0.4 is 5.73 Å². The van der Waals surface area contributed by atoms with E-state index >= 15 is 0 Å². The maximum Gasteiger partial charge on any atom is 0.338 e. The van der Waals surface area contributed by atoms with Crippen LogP contribution in [0.1, 0.15) is 27.6 Å². The zero-order valence-corrected chi connectivity index (χ0v) is 8.19. The predicted octanol–water partition coefficient (Wildman–Crippen LogP) is 1.14. The van der Waals surface area contributed by atoms with Crippen molar-refractivity contribution in [1.82, 2.24) is 0 Å².